The van der Waals surface area contributed by atoms with E-state index in [9.17, 15) is 14.4 Å². The highest BCUT2D eigenvalue weighted by molar-refractivity contribution is 6.22. The molecule has 0 N–H and O–H groups in total. The van der Waals surface area contributed by atoms with Crippen molar-refractivity contribution in [3.05, 3.63) is 46.6 Å². The molecule has 2 heterocycles. The standard InChI is InChI=1S/C19H19N3O5/c1-11-20-16(27-21-11)10-26-19(25)12-7-8-14-15(9-12)18(24)22(17(14)23)13-5-3-2-4-6-13/h7-9,13H,2-6,10H2,1H3. The lowest BCUT2D eigenvalue weighted by molar-refractivity contribution is 0.0429. The Balaban J connectivity index is 1.50. The molecule has 2 aromatic rings. The quantitative estimate of drug-likeness (QED) is 0.603. The summed E-state index contributed by atoms with van der Waals surface area (Å²) in [6, 6.07) is 4.39. The van der Waals surface area contributed by atoms with Crippen molar-refractivity contribution in [2.45, 2.75) is 51.7 Å². The van der Waals surface area contributed by atoms with Crippen molar-refractivity contribution in [1.29, 1.82) is 0 Å². The van der Waals surface area contributed by atoms with Gasteiger partial charge in [0.2, 0.25) is 0 Å². The van der Waals surface area contributed by atoms with Crippen LogP contribution in [0, 0.1) is 6.92 Å². The highest BCUT2D eigenvalue weighted by Gasteiger charge is 2.40. The molecule has 0 bridgehead atoms. The summed E-state index contributed by atoms with van der Waals surface area (Å²) in [7, 11) is 0. The van der Waals surface area contributed by atoms with Crippen LogP contribution in [0.15, 0.2) is 22.7 Å². The second-order valence-electron chi connectivity index (χ2n) is 6.84. The number of rotatable bonds is 4. The van der Waals surface area contributed by atoms with E-state index in [1.54, 1.807) is 6.92 Å². The number of carbonyl (C=O) groups excluding carboxylic acids is 3. The monoisotopic (exact) mass is 369 g/mol. The number of carbonyl (C=O) groups is 3. The van der Waals surface area contributed by atoms with Gasteiger partial charge in [0, 0.05) is 6.04 Å². The second-order valence-corrected chi connectivity index (χ2v) is 6.84. The van der Waals surface area contributed by atoms with Crippen LogP contribution < -0.4 is 0 Å². The molecule has 1 fully saturated rings. The number of aromatic nitrogens is 2. The molecule has 1 aromatic heterocycles. The van der Waals surface area contributed by atoms with Gasteiger partial charge >= 0.3 is 5.97 Å². The smallest absolute Gasteiger partial charge is 0.338 e. The summed E-state index contributed by atoms with van der Waals surface area (Å²) in [6.07, 6.45) is 4.85. The third-order valence-corrected chi connectivity index (χ3v) is 4.99. The minimum Gasteiger partial charge on any atom is -0.452 e. The van der Waals surface area contributed by atoms with Crippen LogP contribution in [-0.2, 0) is 11.3 Å². The molecule has 140 valence electrons. The van der Waals surface area contributed by atoms with Crippen molar-refractivity contribution in [3.8, 4) is 0 Å². The fourth-order valence-corrected chi connectivity index (χ4v) is 3.67. The number of fused-ring (bicyclic) bond motifs is 1. The first-order valence-electron chi connectivity index (χ1n) is 9.03. The van der Waals surface area contributed by atoms with Gasteiger partial charge in [-0.05, 0) is 38.0 Å². The fourth-order valence-electron chi connectivity index (χ4n) is 3.67. The van der Waals surface area contributed by atoms with Gasteiger partial charge in [0.15, 0.2) is 12.4 Å². The summed E-state index contributed by atoms with van der Waals surface area (Å²) in [5.74, 6) is -0.584. The maximum Gasteiger partial charge on any atom is 0.338 e. The molecule has 0 spiro atoms. The second kappa shape index (κ2) is 6.94. The van der Waals surface area contributed by atoms with Crippen LogP contribution in [0.3, 0.4) is 0 Å². The van der Waals surface area contributed by atoms with Crippen molar-refractivity contribution in [2.24, 2.45) is 0 Å². The van der Waals surface area contributed by atoms with E-state index in [4.69, 9.17) is 9.26 Å². The number of benzene rings is 1. The molecule has 4 rings (SSSR count). The Bertz CT molecular complexity index is 914. The molecular formula is C19H19N3O5. The van der Waals surface area contributed by atoms with E-state index in [2.05, 4.69) is 10.1 Å². The third kappa shape index (κ3) is 3.22. The summed E-state index contributed by atoms with van der Waals surface area (Å²) in [5, 5.41) is 3.62. The third-order valence-electron chi connectivity index (χ3n) is 4.99. The van der Waals surface area contributed by atoms with E-state index in [0.29, 0.717) is 11.4 Å². The normalized spacial score (nSPS) is 17.3. The summed E-state index contributed by atoms with van der Waals surface area (Å²) in [5.41, 5.74) is 0.805. The first kappa shape index (κ1) is 17.4. The number of hydrogen-bond acceptors (Lipinski definition) is 7. The average molecular weight is 369 g/mol. The molecule has 8 heteroatoms. The first-order chi connectivity index (χ1) is 13.0. The number of imide groups is 1. The zero-order valence-electron chi connectivity index (χ0n) is 14.9. The number of ether oxygens (including phenoxy) is 1. The first-order valence-corrected chi connectivity index (χ1v) is 9.03. The van der Waals surface area contributed by atoms with E-state index in [-0.39, 0.29) is 41.5 Å². The molecule has 2 aliphatic rings. The van der Waals surface area contributed by atoms with Crippen LogP contribution in [0.5, 0.6) is 0 Å². The number of amides is 2. The van der Waals surface area contributed by atoms with E-state index >= 15 is 0 Å². The Morgan fingerprint density at radius 2 is 1.93 bits per heavy atom. The molecule has 27 heavy (non-hydrogen) atoms. The van der Waals surface area contributed by atoms with Gasteiger partial charge in [-0.1, -0.05) is 24.4 Å². The predicted octanol–water partition coefficient (Wildman–Crippen LogP) is 2.66. The summed E-state index contributed by atoms with van der Waals surface area (Å²) >= 11 is 0. The largest absolute Gasteiger partial charge is 0.452 e. The van der Waals surface area contributed by atoms with Gasteiger partial charge in [-0.25, -0.2) is 4.79 Å². The van der Waals surface area contributed by atoms with E-state index < -0.39 is 5.97 Å². The van der Waals surface area contributed by atoms with Crippen LogP contribution in [0.25, 0.3) is 0 Å². The molecule has 2 amide bonds. The topological polar surface area (TPSA) is 103 Å². The highest BCUT2D eigenvalue weighted by Crippen LogP contribution is 2.31. The highest BCUT2D eigenvalue weighted by atomic mass is 16.6. The molecule has 1 aromatic carbocycles. The average Bonchev–Trinajstić information content (AvgIpc) is 3.21. The minimum absolute atomic E-state index is 0.0534. The van der Waals surface area contributed by atoms with E-state index in [0.717, 1.165) is 32.1 Å². The zero-order valence-corrected chi connectivity index (χ0v) is 14.9. The summed E-state index contributed by atoms with van der Waals surface area (Å²) < 4.78 is 10.0. The van der Waals surface area contributed by atoms with Crippen LogP contribution in [0.2, 0.25) is 0 Å². The van der Waals surface area contributed by atoms with Gasteiger partial charge in [-0.15, -0.1) is 0 Å². The Labute approximate surface area is 155 Å². The maximum absolute atomic E-state index is 12.8. The Morgan fingerprint density at radius 3 is 2.63 bits per heavy atom. The lowest BCUT2D eigenvalue weighted by Crippen LogP contribution is -2.40. The van der Waals surface area contributed by atoms with Gasteiger partial charge in [-0.3, -0.25) is 14.5 Å². The van der Waals surface area contributed by atoms with E-state index in [1.165, 1.54) is 23.1 Å². The Kier molecular flexibility index (Phi) is 4.47. The maximum atomic E-state index is 12.8. The number of nitrogens with zero attached hydrogens (tertiary/aromatic N) is 3. The molecule has 1 saturated carbocycles. The van der Waals surface area contributed by atoms with Crippen molar-refractivity contribution < 1.29 is 23.6 Å². The van der Waals surface area contributed by atoms with Crippen LogP contribution in [-0.4, -0.2) is 38.9 Å². The number of aryl methyl sites for hydroxylation is 1. The summed E-state index contributed by atoms with van der Waals surface area (Å²) in [6.45, 7) is 1.51. The molecule has 0 unspecified atom stereocenters. The molecule has 8 nitrogen and oxygen atoms in total. The minimum atomic E-state index is -0.620. The van der Waals surface area contributed by atoms with Gasteiger partial charge in [0.25, 0.3) is 17.7 Å². The number of esters is 1. The molecule has 1 aliphatic carbocycles. The van der Waals surface area contributed by atoms with Crippen LogP contribution >= 0.6 is 0 Å². The van der Waals surface area contributed by atoms with E-state index in [1.807, 2.05) is 0 Å². The molecule has 0 saturated heterocycles. The van der Waals surface area contributed by atoms with Crippen molar-refractivity contribution in [3.63, 3.8) is 0 Å². The summed E-state index contributed by atoms with van der Waals surface area (Å²) in [4.78, 5) is 43.0. The predicted molar refractivity (Wildman–Crippen MR) is 92.0 cm³/mol. The van der Waals surface area contributed by atoms with Crippen molar-refractivity contribution in [1.82, 2.24) is 15.0 Å². The molecule has 0 atom stereocenters. The SMILES string of the molecule is Cc1noc(COC(=O)c2ccc3c(c2)C(=O)N(C2CCCCC2)C3=O)n1. The van der Waals surface area contributed by atoms with Gasteiger partial charge in [-0.2, -0.15) is 4.98 Å². The Morgan fingerprint density at radius 1 is 1.19 bits per heavy atom. The lowest BCUT2D eigenvalue weighted by atomic mass is 9.94. The van der Waals surface area contributed by atoms with Crippen molar-refractivity contribution in [2.75, 3.05) is 0 Å². The lowest BCUT2D eigenvalue weighted by Gasteiger charge is -2.29. The Hall–Kier alpha value is -3.03. The molecular weight excluding hydrogens is 350 g/mol. The van der Waals surface area contributed by atoms with Gasteiger partial charge in [0.1, 0.15) is 0 Å². The van der Waals surface area contributed by atoms with Gasteiger partial charge in [0.05, 0.1) is 16.7 Å². The fraction of sp³-hybridized carbons (Fsp3) is 0.421. The molecule has 1 aliphatic heterocycles. The molecule has 0 radical (unpaired) electrons. The van der Waals surface area contributed by atoms with Crippen LogP contribution in [0.1, 0.15) is 74.9 Å². The van der Waals surface area contributed by atoms with Gasteiger partial charge < -0.3 is 9.26 Å². The van der Waals surface area contributed by atoms with Crippen molar-refractivity contribution >= 4 is 17.8 Å². The number of hydrogen-bond donors (Lipinski definition) is 0. The van der Waals surface area contributed by atoms with Crippen LogP contribution in [0.4, 0.5) is 0 Å². The zero-order chi connectivity index (χ0) is 19.0.